The number of likely N-dealkylation sites (tertiary alicyclic amines) is 1. The zero-order valence-electron chi connectivity index (χ0n) is 16.4. The third-order valence-corrected chi connectivity index (χ3v) is 5.76. The summed E-state index contributed by atoms with van der Waals surface area (Å²) in [7, 11) is 0. The third-order valence-electron chi connectivity index (χ3n) is 5.52. The van der Waals surface area contributed by atoms with Crippen molar-refractivity contribution in [3.8, 4) is 11.1 Å². The van der Waals surface area contributed by atoms with Crippen molar-refractivity contribution in [2.24, 2.45) is 5.92 Å². The van der Waals surface area contributed by atoms with Gasteiger partial charge in [-0.05, 0) is 55.3 Å². The molecule has 1 fully saturated rings. The molecule has 0 bridgehead atoms. The van der Waals surface area contributed by atoms with Crippen LogP contribution < -0.4 is 5.32 Å². The van der Waals surface area contributed by atoms with Gasteiger partial charge in [0.15, 0.2) is 0 Å². The maximum atomic E-state index is 12.9. The van der Waals surface area contributed by atoms with Gasteiger partial charge in [-0.2, -0.15) is 0 Å². The molecule has 3 aromatic rings. The Balaban J connectivity index is 1.36. The monoisotopic (exact) mass is 404 g/mol. The first kappa shape index (κ1) is 19.7. The van der Waals surface area contributed by atoms with Crippen LogP contribution >= 0.6 is 11.6 Å². The molecule has 4 rings (SSSR count). The predicted octanol–water partition coefficient (Wildman–Crippen LogP) is 5.86. The van der Waals surface area contributed by atoms with Gasteiger partial charge in [-0.3, -0.25) is 9.69 Å². The minimum atomic E-state index is 0.0504. The second kappa shape index (κ2) is 9.25. The Morgan fingerprint density at radius 1 is 0.931 bits per heavy atom. The fourth-order valence-electron chi connectivity index (χ4n) is 3.94. The molecule has 0 radical (unpaired) electrons. The topological polar surface area (TPSA) is 32.3 Å². The number of hydrogen-bond donors (Lipinski definition) is 1. The average molecular weight is 405 g/mol. The van der Waals surface area contributed by atoms with Gasteiger partial charge in [-0.25, -0.2) is 0 Å². The zero-order chi connectivity index (χ0) is 20.1. The molecule has 0 saturated carbocycles. The molecule has 0 aromatic heterocycles. The van der Waals surface area contributed by atoms with E-state index >= 15 is 0 Å². The van der Waals surface area contributed by atoms with Crippen LogP contribution in [-0.2, 0) is 11.3 Å². The van der Waals surface area contributed by atoms with Gasteiger partial charge in [0.05, 0.1) is 0 Å². The quantitative estimate of drug-likeness (QED) is 0.577. The predicted molar refractivity (Wildman–Crippen MR) is 120 cm³/mol. The van der Waals surface area contributed by atoms with Crippen LogP contribution in [0.1, 0.15) is 18.4 Å². The van der Waals surface area contributed by atoms with Gasteiger partial charge in [0.2, 0.25) is 5.91 Å². The highest BCUT2D eigenvalue weighted by Gasteiger charge is 2.25. The molecule has 3 nitrogen and oxygen atoms in total. The van der Waals surface area contributed by atoms with Crippen molar-refractivity contribution in [1.82, 2.24) is 4.90 Å². The molecule has 29 heavy (non-hydrogen) atoms. The van der Waals surface area contributed by atoms with Crippen LogP contribution in [0, 0.1) is 5.92 Å². The normalized spacial score (nSPS) is 15.2. The van der Waals surface area contributed by atoms with E-state index < -0.39 is 0 Å². The van der Waals surface area contributed by atoms with Crippen LogP contribution in [0.3, 0.4) is 0 Å². The number of hydrogen-bond acceptors (Lipinski definition) is 2. The summed E-state index contributed by atoms with van der Waals surface area (Å²) in [5.74, 6) is 0.172. The first-order chi connectivity index (χ1) is 14.2. The van der Waals surface area contributed by atoms with Gasteiger partial charge in [0.25, 0.3) is 0 Å². The minimum Gasteiger partial charge on any atom is -0.325 e. The van der Waals surface area contributed by atoms with E-state index in [1.807, 2.05) is 54.6 Å². The fraction of sp³-hybridized carbons (Fsp3) is 0.240. The Bertz CT molecular complexity index is 965. The van der Waals surface area contributed by atoms with E-state index in [-0.39, 0.29) is 11.8 Å². The summed E-state index contributed by atoms with van der Waals surface area (Å²) in [5.41, 5.74) is 4.27. The number of rotatable bonds is 5. The number of nitrogens with one attached hydrogen (secondary N) is 1. The number of piperidine rings is 1. The number of benzene rings is 3. The van der Waals surface area contributed by atoms with Crippen LogP contribution in [0.15, 0.2) is 78.9 Å². The average Bonchev–Trinajstić information content (AvgIpc) is 2.75. The molecule has 3 aromatic carbocycles. The summed E-state index contributed by atoms with van der Waals surface area (Å²) in [4.78, 5) is 15.3. The highest BCUT2D eigenvalue weighted by molar-refractivity contribution is 6.30. The fourth-order valence-corrected chi connectivity index (χ4v) is 4.16. The van der Waals surface area contributed by atoms with E-state index in [0.29, 0.717) is 0 Å². The highest BCUT2D eigenvalue weighted by atomic mass is 35.5. The van der Waals surface area contributed by atoms with Crippen molar-refractivity contribution in [2.45, 2.75) is 19.4 Å². The molecule has 0 aliphatic carbocycles. The van der Waals surface area contributed by atoms with Crippen molar-refractivity contribution in [1.29, 1.82) is 0 Å². The summed E-state index contributed by atoms with van der Waals surface area (Å²) >= 11 is 6.09. The zero-order valence-corrected chi connectivity index (χ0v) is 17.1. The Hall–Kier alpha value is -2.62. The third kappa shape index (κ3) is 5.06. The van der Waals surface area contributed by atoms with Crippen molar-refractivity contribution in [2.75, 3.05) is 18.4 Å². The first-order valence-corrected chi connectivity index (χ1v) is 10.5. The lowest BCUT2D eigenvalue weighted by molar-refractivity contribution is -0.121. The van der Waals surface area contributed by atoms with Crippen molar-refractivity contribution >= 4 is 23.2 Å². The number of amides is 1. The molecule has 0 unspecified atom stereocenters. The summed E-state index contributed by atoms with van der Waals surface area (Å²) in [6, 6.07) is 26.2. The minimum absolute atomic E-state index is 0.0504. The van der Waals surface area contributed by atoms with Crippen LogP contribution in [-0.4, -0.2) is 23.9 Å². The molecule has 1 heterocycles. The number of anilines is 1. The van der Waals surface area contributed by atoms with E-state index in [1.165, 1.54) is 5.56 Å². The Morgan fingerprint density at radius 2 is 1.66 bits per heavy atom. The lowest BCUT2D eigenvalue weighted by atomic mass is 9.95. The Morgan fingerprint density at radius 3 is 2.41 bits per heavy atom. The second-order valence-corrected chi connectivity index (χ2v) is 8.02. The second-order valence-electron chi connectivity index (χ2n) is 7.58. The molecule has 1 aliphatic heterocycles. The molecule has 1 aliphatic rings. The summed E-state index contributed by atoms with van der Waals surface area (Å²) in [5, 5.41) is 3.95. The molecule has 4 heteroatoms. The molecular weight excluding hydrogens is 380 g/mol. The first-order valence-electron chi connectivity index (χ1n) is 10.1. The van der Waals surface area contributed by atoms with Gasteiger partial charge in [0, 0.05) is 28.7 Å². The summed E-state index contributed by atoms with van der Waals surface area (Å²) < 4.78 is 0. The maximum absolute atomic E-state index is 12.9. The molecular formula is C25H25ClN2O. The number of nitrogens with zero attached hydrogens (tertiary/aromatic N) is 1. The summed E-state index contributed by atoms with van der Waals surface area (Å²) in [6.45, 7) is 2.72. The van der Waals surface area contributed by atoms with E-state index in [2.05, 4.69) is 34.5 Å². The van der Waals surface area contributed by atoms with Crippen LogP contribution in [0.5, 0.6) is 0 Å². The number of para-hydroxylation sites is 1. The number of carbonyl (C=O) groups excluding carboxylic acids is 1. The molecule has 0 atom stereocenters. The Labute approximate surface area is 177 Å². The van der Waals surface area contributed by atoms with Crippen molar-refractivity contribution < 1.29 is 4.79 Å². The van der Waals surface area contributed by atoms with E-state index in [1.54, 1.807) is 0 Å². The number of carbonyl (C=O) groups is 1. The van der Waals surface area contributed by atoms with E-state index in [4.69, 9.17) is 11.6 Å². The van der Waals surface area contributed by atoms with Gasteiger partial charge < -0.3 is 5.32 Å². The lowest BCUT2D eigenvalue weighted by Crippen LogP contribution is -2.37. The SMILES string of the molecule is O=C(Nc1ccccc1-c1ccccc1)C1CCN(Cc2cccc(Cl)c2)CC1. The molecule has 1 N–H and O–H groups in total. The van der Waals surface area contributed by atoms with Crippen LogP contribution in [0.4, 0.5) is 5.69 Å². The smallest absolute Gasteiger partial charge is 0.227 e. The highest BCUT2D eigenvalue weighted by Crippen LogP contribution is 2.29. The maximum Gasteiger partial charge on any atom is 0.227 e. The molecule has 1 saturated heterocycles. The van der Waals surface area contributed by atoms with Gasteiger partial charge >= 0.3 is 0 Å². The van der Waals surface area contributed by atoms with Gasteiger partial charge in [-0.1, -0.05) is 72.3 Å². The van der Waals surface area contributed by atoms with Gasteiger partial charge in [-0.15, -0.1) is 0 Å². The van der Waals surface area contributed by atoms with Crippen molar-refractivity contribution in [3.05, 3.63) is 89.4 Å². The van der Waals surface area contributed by atoms with Gasteiger partial charge in [0.1, 0.15) is 0 Å². The van der Waals surface area contributed by atoms with Crippen LogP contribution in [0.25, 0.3) is 11.1 Å². The number of halogens is 1. The standard InChI is InChI=1S/C25H25ClN2O/c26-22-10-6-7-19(17-22)18-28-15-13-21(14-16-28)25(29)27-24-12-5-4-11-23(24)20-8-2-1-3-9-20/h1-12,17,21H,13-16,18H2,(H,27,29). The lowest BCUT2D eigenvalue weighted by Gasteiger charge is -2.31. The van der Waals surface area contributed by atoms with Crippen LogP contribution in [0.2, 0.25) is 5.02 Å². The van der Waals surface area contributed by atoms with Crippen molar-refractivity contribution in [3.63, 3.8) is 0 Å². The Kier molecular flexibility index (Phi) is 6.28. The molecule has 0 spiro atoms. The summed E-state index contributed by atoms with van der Waals surface area (Å²) in [6.07, 6.45) is 1.75. The van der Waals surface area contributed by atoms with E-state index in [0.717, 1.165) is 54.3 Å². The van der Waals surface area contributed by atoms with E-state index in [9.17, 15) is 4.79 Å². The largest absolute Gasteiger partial charge is 0.325 e. The molecule has 1 amide bonds. The molecule has 148 valence electrons.